The molecular formula is C8H16O. The molecule has 0 amide bonds. The highest BCUT2D eigenvalue weighted by Crippen LogP contribution is 2.27. The quantitative estimate of drug-likeness (QED) is 0.533. The maximum atomic E-state index is 10.5. The number of hydrogen-bond acceptors (Lipinski definition) is 1. The van der Waals surface area contributed by atoms with E-state index in [-0.39, 0.29) is 5.41 Å². The summed E-state index contributed by atoms with van der Waals surface area (Å²) >= 11 is 0. The average Bonchev–Trinajstić information content (AvgIpc) is 1.86. The topological polar surface area (TPSA) is 17.1 Å². The van der Waals surface area contributed by atoms with Gasteiger partial charge in [0.05, 0.1) is 0 Å². The second kappa shape index (κ2) is 3.00. The highest BCUT2D eigenvalue weighted by atomic mass is 16.1. The van der Waals surface area contributed by atoms with E-state index in [9.17, 15) is 4.79 Å². The van der Waals surface area contributed by atoms with Crippen molar-refractivity contribution in [3.63, 3.8) is 0 Å². The van der Waals surface area contributed by atoms with Crippen molar-refractivity contribution in [2.75, 3.05) is 0 Å². The smallest absolute Gasteiger partial charge is 0.126 e. The molecule has 0 spiro atoms. The van der Waals surface area contributed by atoms with E-state index < -0.39 is 0 Å². The van der Waals surface area contributed by atoms with Gasteiger partial charge in [-0.25, -0.2) is 0 Å². The Morgan fingerprint density at radius 3 is 2.00 bits per heavy atom. The Hall–Kier alpha value is -0.330. The van der Waals surface area contributed by atoms with Crippen molar-refractivity contribution >= 4 is 6.29 Å². The predicted molar refractivity (Wildman–Crippen MR) is 39.3 cm³/mol. The summed E-state index contributed by atoms with van der Waals surface area (Å²) < 4.78 is 0. The first-order valence-corrected chi connectivity index (χ1v) is 3.53. The van der Waals surface area contributed by atoms with Crippen LogP contribution in [0.4, 0.5) is 0 Å². The maximum Gasteiger partial charge on any atom is 0.126 e. The molecule has 0 bridgehead atoms. The fraction of sp³-hybridized carbons (Fsp3) is 0.875. The van der Waals surface area contributed by atoms with Crippen LogP contribution in [0, 0.1) is 11.3 Å². The van der Waals surface area contributed by atoms with Gasteiger partial charge in [0, 0.05) is 5.41 Å². The van der Waals surface area contributed by atoms with Crippen molar-refractivity contribution in [3.8, 4) is 0 Å². The van der Waals surface area contributed by atoms with Gasteiger partial charge in [-0.2, -0.15) is 0 Å². The Morgan fingerprint density at radius 1 is 1.56 bits per heavy atom. The van der Waals surface area contributed by atoms with E-state index >= 15 is 0 Å². The van der Waals surface area contributed by atoms with Gasteiger partial charge in [0.25, 0.3) is 0 Å². The highest BCUT2D eigenvalue weighted by Gasteiger charge is 2.24. The fourth-order valence-corrected chi connectivity index (χ4v) is 0.628. The molecule has 1 heteroatoms. The third-order valence-corrected chi connectivity index (χ3v) is 2.35. The van der Waals surface area contributed by atoms with Crippen molar-refractivity contribution in [1.29, 1.82) is 0 Å². The van der Waals surface area contributed by atoms with Crippen LogP contribution >= 0.6 is 0 Å². The lowest BCUT2D eigenvalue weighted by molar-refractivity contribution is -0.117. The Balaban J connectivity index is 4.08. The minimum absolute atomic E-state index is 0.0972. The predicted octanol–water partition coefficient (Wildman–Crippen LogP) is 2.26. The van der Waals surface area contributed by atoms with Crippen LogP contribution < -0.4 is 0 Å². The van der Waals surface area contributed by atoms with Gasteiger partial charge in [0.1, 0.15) is 6.29 Å². The Kier molecular flexibility index (Phi) is 2.89. The molecule has 0 N–H and O–H groups in total. The van der Waals surface area contributed by atoms with Crippen LogP contribution in [0.15, 0.2) is 0 Å². The third-order valence-electron chi connectivity index (χ3n) is 2.35. The van der Waals surface area contributed by atoms with Crippen molar-refractivity contribution < 1.29 is 4.79 Å². The SMILES string of the molecule is CCC(C)(C=O)C(C)C. The molecule has 9 heavy (non-hydrogen) atoms. The second-order valence-electron chi connectivity index (χ2n) is 3.13. The first-order valence-electron chi connectivity index (χ1n) is 3.53. The Morgan fingerprint density at radius 2 is 2.00 bits per heavy atom. The summed E-state index contributed by atoms with van der Waals surface area (Å²) in [6.45, 7) is 8.22. The number of hydrogen-bond donors (Lipinski definition) is 0. The van der Waals surface area contributed by atoms with E-state index in [2.05, 4.69) is 20.8 Å². The summed E-state index contributed by atoms with van der Waals surface area (Å²) in [5.74, 6) is 0.458. The molecule has 0 aromatic carbocycles. The van der Waals surface area contributed by atoms with Crippen molar-refractivity contribution in [2.24, 2.45) is 11.3 Å². The van der Waals surface area contributed by atoms with Gasteiger partial charge in [-0.1, -0.05) is 27.7 Å². The van der Waals surface area contributed by atoms with Gasteiger partial charge in [-0.05, 0) is 12.3 Å². The van der Waals surface area contributed by atoms with E-state index in [1.165, 1.54) is 0 Å². The van der Waals surface area contributed by atoms with Crippen LogP contribution in [-0.2, 0) is 4.79 Å². The number of rotatable bonds is 3. The molecule has 0 heterocycles. The lowest BCUT2D eigenvalue weighted by atomic mass is 9.78. The summed E-state index contributed by atoms with van der Waals surface area (Å²) in [6.07, 6.45) is 2.01. The van der Waals surface area contributed by atoms with Crippen molar-refractivity contribution in [3.05, 3.63) is 0 Å². The van der Waals surface area contributed by atoms with Crippen LogP contribution in [0.2, 0.25) is 0 Å². The zero-order valence-electron chi connectivity index (χ0n) is 6.77. The molecule has 0 saturated carbocycles. The zero-order valence-corrected chi connectivity index (χ0v) is 6.77. The molecule has 1 unspecified atom stereocenters. The molecule has 0 fully saturated rings. The summed E-state index contributed by atoms with van der Waals surface area (Å²) in [5.41, 5.74) is -0.0972. The fourth-order valence-electron chi connectivity index (χ4n) is 0.628. The van der Waals surface area contributed by atoms with Crippen LogP contribution in [-0.4, -0.2) is 6.29 Å². The summed E-state index contributed by atoms with van der Waals surface area (Å²) in [4.78, 5) is 10.5. The van der Waals surface area contributed by atoms with Gasteiger partial charge in [-0.15, -0.1) is 0 Å². The molecule has 0 aliphatic carbocycles. The van der Waals surface area contributed by atoms with Gasteiger partial charge in [0.2, 0.25) is 0 Å². The molecule has 0 radical (unpaired) electrons. The molecule has 0 saturated heterocycles. The number of carbonyl (C=O) groups is 1. The Bertz CT molecular complexity index is 96.7. The molecule has 1 atom stereocenters. The van der Waals surface area contributed by atoms with E-state index in [1.54, 1.807) is 0 Å². The van der Waals surface area contributed by atoms with Gasteiger partial charge >= 0.3 is 0 Å². The summed E-state index contributed by atoms with van der Waals surface area (Å²) in [7, 11) is 0. The molecule has 0 rings (SSSR count). The van der Waals surface area contributed by atoms with Crippen LogP contribution in [0.25, 0.3) is 0 Å². The third kappa shape index (κ3) is 1.81. The number of carbonyl (C=O) groups excluding carboxylic acids is 1. The van der Waals surface area contributed by atoms with Crippen molar-refractivity contribution in [2.45, 2.75) is 34.1 Å². The largest absolute Gasteiger partial charge is 0.303 e. The minimum Gasteiger partial charge on any atom is -0.303 e. The standard InChI is InChI=1S/C8H16O/c1-5-8(4,6-9)7(2)3/h6-7H,5H2,1-4H3. The first-order chi connectivity index (χ1) is 4.06. The lowest BCUT2D eigenvalue weighted by Crippen LogP contribution is -2.23. The van der Waals surface area contributed by atoms with Crippen LogP contribution in [0.3, 0.4) is 0 Å². The molecule has 0 aromatic rings. The normalized spacial score (nSPS) is 17.4. The first kappa shape index (κ1) is 8.67. The molecule has 54 valence electrons. The summed E-state index contributed by atoms with van der Waals surface area (Å²) in [6, 6.07) is 0. The van der Waals surface area contributed by atoms with Gasteiger partial charge in [-0.3, -0.25) is 0 Å². The Labute approximate surface area is 57.5 Å². The van der Waals surface area contributed by atoms with Gasteiger partial charge < -0.3 is 4.79 Å². The van der Waals surface area contributed by atoms with Crippen LogP contribution in [0.5, 0.6) is 0 Å². The lowest BCUT2D eigenvalue weighted by Gasteiger charge is -2.25. The zero-order chi connectivity index (χ0) is 7.49. The van der Waals surface area contributed by atoms with E-state index in [4.69, 9.17) is 0 Å². The summed E-state index contributed by atoms with van der Waals surface area (Å²) in [5, 5.41) is 0. The van der Waals surface area contributed by atoms with E-state index in [0.29, 0.717) is 5.92 Å². The molecule has 0 aliphatic heterocycles. The van der Waals surface area contributed by atoms with Gasteiger partial charge in [0.15, 0.2) is 0 Å². The molecule has 0 aliphatic rings. The van der Waals surface area contributed by atoms with E-state index in [1.807, 2.05) is 6.92 Å². The van der Waals surface area contributed by atoms with E-state index in [0.717, 1.165) is 12.7 Å². The monoisotopic (exact) mass is 128 g/mol. The number of aldehydes is 1. The van der Waals surface area contributed by atoms with Crippen molar-refractivity contribution in [1.82, 2.24) is 0 Å². The molecule has 1 nitrogen and oxygen atoms in total. The minimum atomic E-state index is -0.0972. The second-order valence-corrected chi connectivity index (χ2v) is 3.13. The van der Waals surface area contributed by atoms with Crippen LogP contribution in [0.1, 0.15) is 34.1 Å². The molecule has 0 aromatic heterocycles. The maximum absolute atomic E-state index is 10.5. The molecular weight excluding hydrogens is 112 g/mol. The highest BCUT2D eigenvalue weighted by molar-refractivity contribution is 5.58. The average molecular weight is 128 g/mol.